The van der Waals surface area contributed by atoms with Crippen LogP contribution in [0, 0.1) is 13.2 Å². The van der Waals surface area contributed by atoms with Crippen LogP contribution in [0.5, 0.6) is 11.5 Å². The molecule has 0 atom stereocenters. The number of ether oxygens (including phenoxy) is 1. The molecular formula is C91H80N4OSi. The van der Waals surface area contributed by atoms with Crippen molar-refractivity contribution in [2.75, 3.05) is 0 Å². The van der Waals surface area contributed by atoms with Gasteiger partial charge in [0, 0.05) is 32.7 Å². The molecule has 0 saturated carbocycles. The number of nitrogens with zero attached hydrogens (tertiary/aromatic N) is 4. The molecule has 15 rings (SSSR count). The Morgan fingerprint density at radius 3 is 1.63 bits per heavy atom. The molecule has 474 valence electrons. The van der Waals surface area contributed by atoms with E-state index in [1.807, 2.05) is 63.2 Å². The highest BCUT2D eigenvalue weighted by atomic mass is 28.3. The Balaban J connectivity index is 1.11. The van der Waals surface area contributed by atoms with Crippen LogP contribution < -0.4 is 30.1 Å². The second kappa shape index (κ2) is 24.7. The highest BCUT2D eigenvalue weighted by Crippen LogP contribution is 2.41. The van der Waals surface area contributed by atoms with E-state index in [9.17, 15) is 21.9 Å². The normalized spacial score (nSPS) is 16.4. The molecule has 0 bridgehead atoms. The van der Waals surface area contributed by atoms with E-state index in [1.165, 1.54) is 29.0 Å². The van der Waals surface area contributed by atoms with Crippen LogP contribution in [0.15, 0.2) is 303 Å². The SMILES string of the molecule is [2H]c1c([2H])c([2H])c(-c2cc(-c3cccc(C(C)(C)C)c3)c(-[n+]3[c-]n(-c4cccc(Oc5ccc6c7ccccc7n(-c7cc(C([2H])([2H])[2H])c(-c8c([2H])c([2H])c([2H])c([2H])c8[2H])cn7)c6c5)c4)c4cc(-c5cc(C(C)(C)C)cc(C(C)(C)C)c5)ccc43)c([Si](c3c([2H])c([2H])c([2H])c([2H])c3[2H])(c3c([2H])c([2H])c([2H])c([2H])c3[2H])c3c([2H])c([2H])c([2H])c([2H])c3[2H])c2)c([2H])c1[2H]. The maximum absolute atomic E-state index is 10.4. The topological polar surface area (TPSA) is 35.9 Å². The summed E-state index contributed by atoms with van der Waals surface area (Å²) in [5.41, 5.74) is 2.81. The van der Waals surface area contributed by atoms with Crippen molar-refractivity contribution in [2.24, 2.45) is 0 Å². The average Bonchev–Trinajstić information content (AvgIpc) is 1.53. The predicted octanol–water partition coefficient (Wildman–Crippen LogP) is 20.2. The van der Waals surface area contributed by atoms with E-state index in [4.69, 9.17) is 26.2 Å². The fraction of sp³-hybridized carbons (Fsp3) is 0.143. The summed E-state index contributed by atoms with van der Waals surface area (Å²) in [5.74, 6) is 0.518. The van der Waals surface area contributed by atoms with Gasteiger partial charge in [0.15, 0.2) is 8.07 Å². The maximum atomic E-state index is 10.4. The lowest BCUT2D eigenvalue weighted by molar-refractivity contribution is -0.570. The molecule has 0 unspecified atom stereocenters. The number of benzene rings is 12. The van der Waals surface area contributed by atoms with Crippen LogP contribution in [0.25, 0.3) is 94.5 Å². The zero-order valence-electron chi connectivity index (χ0n) is 82.6. The zero-order valence-corrected chi connectivity index (χ0v) is 55.6. The van der Waals surface area contributed by atoms with E-state index in [1.54, 1.807) is 75.9 Å². The van der Waals surface area contributed by atoms with Crippen molar-refractivity contribution < 1.29 is 47.7 Å². The molecular weight excluding hydrogens is 1190 g/mol. The third-order valence-electron chi connectivity index (χ3n) is 17.7. The first-order valence-corrected chi connectivity index (χ1v) is 33.6. The Morgan fingerprint density at radius 1 is 0.433 bits per heavy atom. The molecule has 0 fully saturated rings. The molecule has 0 aliphatic rings. The minimum absolute atomic E-state index is 0.00355. The first kappa shape index (κ1) is 38.0. The van der Waals surface area contributed by atoms with Crippen molar-refractivity contribution in [2.45, 2.75) is 85.4 Å². The molecule has 5 nitrogen and oxygen atoms in total. The van der Waals surface area contributed by atoms with Gasteiger partial charge >= 0.3 is 0 Å². The van der Waals surface area contributed by atoms with Gasteiger partial charge in [-0.2, -0.15) is 0 Å². The highest BCUT2D eigenvalue weighted by molar-refractivity contribution is 7.20. The summed E-state index contributed by atoms with van der Waals surface area (Å²) in [7, 11) is -6.40. The molecule has 3 heterocycles. The monoisotopic (exact) mass is 1300 g/mol. The predicted molar refractivity (Wildman–Crippen MR) is 408 cm³/mol. The Bertz CT molecular complexity index is 6810. The quantitative estimate of drug-likeness (QED) is 0.0499. The second-order valence-corrected chi connectivity index (χ2v) is 30.5. The van der Waals surface area contributed by atoms with Crippen molar-refractivity contribution in [3.8, 4) is 73.2 Å². The lowest BCUT2D eigenvalue weighted by atomic mass is 9.79. The van der Waals surface area contributed by atoms with Gasteiger partial charge in [-0.1, -0.05) is 298 Å². The Morgan fingerprint density at radius 2 is 1.00 bits per heavy atom. The van der Waals surface area contributed by atoms with Crippen molar-refractivity contribution in [3.05, 3.63) is 331 Å². The van der Waals surface area contributed by atoms with E-state index in [0.717, 1.165) is 22.1 Å². The summed E-state index contributed by atoms with van der Waals surface area (Å²) in [6, 6.07) is 19.2. The highest BCUT2D eigenvalue weighted by Gasteiger charge is 2.44. The van der Waals surface area contributed by atoms with Crippen molar-refractivity contribution in [1.29, 1.82) is 0 Å². The fourth-order valence-electron chi connectivity index (χ4n) is 12.7. The van der Waals surface area contributed by atoms with Gasteiger partial charge in [0.05, 0.1) is 67.7 Å². The fourth-order valence-corrected chi connectivity index (χ4v) is 16.7. The third kappa shape index (κ3) is 11.6. The molecule has 97 heavy (non-hydrogen) atoms. The summed E-state index contributed by atoms with van der Waals surface area (Å²) in [4.78, 5) is 4.77. The molecule has 15 aromatic rings. The molecule has 0 N–H and O–H groups in total. The molecule has 0 saturated heterocycles. The van der Waals surface area contributed by atoms with E-state index in [2.05, 4.69) is 66.1 Å². The van der Waals surface area contributed by atoms with Crippen molar-refractivity contribution in [1.82, 2.24) is 14.1 Å². The lowest BCUT2D eigenvalue weighted by Crippen LogP contribution is -2.76. The third-order valence-corrected chi connectivity index (χ3v) is 21.9. The largest absolute Gasteiger partial charge is 0.458 e. The van der Waals surface area contributed by atoms with Crippen LogP contribution >= 0.6 is 0 Å². The van der Waals surface area contributed by atoms with Gasteiger partial charge in [0.1, 0.15) is 17.3 Å². The molecule has 12 aromatic carbocycles. The molecule has 6 heteroatoms. The van der Waals surface area contributed by atoms with Crippen LogP contribution in [0.2, 0.25) is 0 Å². The number of hydrogen-bond donors (Lipinski definition) is 0. The van der Waals surface area contributed by atoms with Gasteiger partial charge in [0.2, 0.25) is 0 Å². The van der Waals surface area contributed by atoms with E-state index in [0.29, 0.717) is 38.8 Å². The number of aryl methyl sites for hydroxylation is 1. The lowest BCUT2D eigenvalue weighted by Gasteiger charge is -2.37. The maximum Gasteiger partial charge on any atom is 0.269 e. The van der Waals surface area contributed by atoms with Crippen LogP contribution in [0.3, 0.4) is 0 Å². The van der Waals surface area contributed by atoms with E-state index in [-0.39, 0.29) is 61.9 Å². The minimum Gasteiger partial charge on any atom is -0.458 e. The molecule has 0 spiro atoms. The van der Waals surface area contributed by atoms with Crippen LogP contribution in [-0.4, -0.2) is 22.2 Å². The molecule has 0 amide bonds. The number of hydrogen-bond acceptors (Lipinski definition) is 2. The summed E-state index contributed by atoms with van der Waals surface area (Å²) in [6.45, 7) is 15.5. The second-order valence-electron chi connectivity index (χ2n) is 27.0. The Kier molecular flexibility index (Phi) is 9.67. The summed E-state index contributed by atoms with van der Waals surface area (Å²) >= 11 is 0. The van der Waals surface area contributed by atoms with Crippen molar-refractivity contribution >= 4 is 61.7 Å². The summed E-state index contributed by atoms with van der Waals surface area (Å²) in [6.07, 6.45) is 4.82. The minimum atomic E-state index is -6.40. The number of imidazole rings is 1. The number of rotatable bonds is 13. The number of fused-ring (bicyclic) bond motifs is 4. The Labute approximate surface area is 611 Å². The number of para-hydroxylation sites is 1. The first-order chi connectivity index (χ1) is 58.4. The van der Waals surface area contributed by atoms with Crippen molar-refractivity contribution in [3.63, 3.8) is 0 Å². The summed E-state index contributed by atoms with van der Waals surface area (Å²) < 4.78 is 276. The van der Waals surface area contributed by atoms with Crippen LogP contribution in [-0.2, 0) is 16.2 Å². The van der Waals surface area contributed by atoms with Gasteiger partial charge < -0.3 is 4.74 Å². The van der Waals surface area contributed by atoms with Gasteiger partial charge in [0.25, 0.3) is 6.33 Å². The smallest absolute Gasteiger partial charge is 0.269 e. The number of pyridine rings is 1. The van der Waals surface area contributed by atoms with E-state index < -0.39 is 209 Å². The van der Waals surface area contributed by atoms with Gasteiger partial charge in [-0.25, -0.2) is 4.98 Å². The number of aromatic nitrogens is 4. The molecule has 0 aliphatic carbocycles. The van der Waals surface area contributed by atoms with Crippen LogP contribution in [0.4, 0.5) is 0 Å². The molecule has 0 aliphatic heterocycles. The average molecular weight is 1300 g/mol. The summed E-state index contributed by atoms with van der Waals surface area (Å²) in [5, 5.41) is -1.70. The molecule has 3 aromatic heterocycles. The van der Waals surface area contributed by atoms with Gasteiger partial charge in [-0.3, -0.25) is 13.7 Å². The van der Waals surface area contributed by atoms with Gasteiger partial charge in [-0.15, -0.1) is 0 Å². The molecule has 0 radical (unpaired) electrons. The van der Waals surface area contributed by atoms with E-state index >= 15 is 0 Å². The van der Waals surface area contributed by atoms with Gasteiger partial charge in [-0.05, 0) is 160 Å². The Hall–Kier alpha value is -10.9. The first-order valence-electron chi connectivity index (χ1n) is 45.6. The standard InChI is InChI=1S/C91H80N4OSi/c1-62-50-87(92-60-81(62)64-32-18-12-19-33-64)95-82-45-27-26-44-78(82)79-48-47-74(59-84(79)95)96-73-37-29-36-72(58-73)93-61-94(83-49-46-65(55-85(83)93)67-52-70(90(5,6)7)57-71(53-67)91(8,9)10)88-80(66-34-28-35-69(51-66)89(2,3)4)54-68(63-30-16-11-17-31-63)56-86(88)97(75-38-20-13-21-39-75,76-40-22-14-23-41-76)77-42-24-15-25-43-77/h11-60H,1-10H3/i1D3,11D,12D,13D,14D,15D,16D,17D,18D,19D,20D,21D,22D,23D,24D,25D,30D,31D,32D,33D,38D,39D,40D,41D,42D,43D. The van der Waals surface area contributed by atoms with Crippen LogP contribution in [0.1, 0.15) is 123 Å². The zero-order chi connectivity index (χ0) is 91.1.